The minimum absolute atomic E-state index is 0.346. The zero-order valence-corrected chi connectivity index (χ0v) is 10.1. The van der Waals surface area contributed by atoms with Crippen LogP contribution in [0.5, 0.6) is 0 Å². The zero-order valence-electron chi connectivity index (χ0n) is 10.1. The molecule has 0 atom stereocenters. The highest BCUT2D eigenvalue weighted by atomic mass is 19.1. The topological polar surface area (TPSA) is 54.5 Å². The molecule has 3 rings (SSSR count). The molecule has 0 radical (unpaired) electrons. The van der Waals surface area contributed by atoms with E-state index < -0.39 is 0 Å². The van der Waals surface area contributed by atoms with Crippen LogP contribution < -0.4 is 0 Å². The Hall–Kier alpha value is -1.78. The zero-order chi connectivity index (χ0) is 12.4. The lowest BCUT2D eigenvalue weighted by molar-refractivity contribution is 0.429. The first-order chi connectivity index (χ1) is 8.83. The number of H-pyrrole nitrogens is 1. The fraction of sp³-hybridized carbons (Fsp3) is 0.462. The van der Waals surface area contributed by atoms with E-state index in [1.165, 1.54) is 44.4 Å². The molecule has 5 heteroatoms. The maximum Gasteiger partial charge on any atom is 0.199 e. The maximum absolute atomic E-state index is 12.8. The van der Waals surface area contributed by atoms with Crippen LogP contribution in [0.3, 0.4) is 0 Å². The fourth-order valence-corrected chi connectivity index (χ4v) is 2.46. The molecule has 0 saturated heterocycles. The number of pyridine rings is 1. The van der Waals surface area contributed by atoms with E-state index in [2.05, 4.69) is 20.2 Å². The van der Waals surface area contributed by atoms with Gasteiger partial charge in [0.05, 0.1) is 6.20 Å². The van der Waals surface area contributed by atoms with Crippen molar-refractivity contribution in [3.05, 3.63) is 30.0 Å². The second kappa shape index (κ2) is 4.84. The van der Waals surface area contributed by atoms with E-state index in [1.807, 2.05) is 0 Å². The molecule has 1 aliphatic carbocycles. The summed E-state index contributed by atoms with van der Waals surface area (Å²) in [5, 5.41) is 7.16. The third-order valence-electron chi connectivity index (χ3n) is 3.45. The predicted octanol–water partition coefficient (Wildman–Crippen LogP) is 3.05. The van der Waals surface area contributed by atoms with Crippen LogP contribution in [0.15, 0.2) is 18.3 Å². The Balaban J connectivity index is 1.82. The van der Waals surface area contributed by atoms with E-state index in [0.717, 1.165) is 5.82 Å². The first-order valence-corrected chi connectivity index (χ1v) is 6.37. The van der Waals surface area contributed by atoms with Gasteiger partial charge in [0.1, 0.15) is 17.3 Å². The Morgan fingerprint density at radius 3 is 2.72 bits per heavy atom. The lowest BCUT2D eigenvalue weighted by atomic mass is 9.89. The average Bonchev–Trinajstić information content (AvgIpc) is 2.90. The van der Waals surface area contributed by atoms with Crippen LogP contribution in [0.1, 0.15) is 43.8 Å². The molecule has 4 nitrogen and oxygen atoms in total. The van der Waals surface area contributed by atoms with Gasteiger partial charge in [-0.05, 0) is 25.0 Å². The molecule has 1 aliphatic rings. The monoisotopic (exact) mass is 246 g/mol. The van der Waals surface area contributed by atoms with Gasteiger partial charge in [-0.2, -0.15) is 5.10 Å². The first-order valence-electron chi connectivity index (χ1n) is 6.37. The number of halogens is 1. The molecule has 0 unspecified atom stereocenters. The van der Waals surface area contributed by atoms with Crippen molar-refractivity contribution >= 4 is 0 Å². The third-order valence-corrected chi connectivity index (χ3v) is 3.45. The molecule has 1 fully saturated rings. The van der Waals surface area contributed by atoms with E-state index >= 15 is 0 Å². The predicted molar refractivity (Wildman–Crippen MR) is 65.4 cm³/mol. The molecule has 0 spiro atoms. The maximum atomic E-state index is 12.8. The van der Waals surface area contributed by atoms with Gasteiger partial charge in [0.15, 0.2) is 5.82 Å². The van der Waals surface area contributed by atoms with E-state index in [0.29, 0.717) is 17.4 Å². The molecule has 18 heavy (non-hydrogen) atoms. The first kappa shape index (κ1) is 11.3. The van der Waals surface area contributed by atoms with Crippen LogP contribution in [-0.4, -0.2) is 20.2 Å². The van der Waals surface area contributed by atoms with Gasteiger partial charge in [-0.15, -0.1) is 0 Å². The van der Waals surface area contributed by atoms with Crippen LogP contribution in [0.2, 0.25) is 0 Å². The molecular formula is C13H15FN4. The molecular weight excluding hydrogens is 231 g/mol. The van der Waals surface area contributed by atoms with E-state index in [-0.39, 0.29) is 5.82 Å². The summed E-state index contributed by atoms with van der Waals surface area (Å²) in [5.74, 6) is 1.63. The van der Waals surface area contributed by atoms with Gasteiger partial charge in [-0.25, -0.2) is 14.4 Å². The smallest absolute Gasteiger partial charge is 0.199 e. The summed E-state index contributed by atoms with van der Waals surface area (Å²) >= 11 is 0. The highest BCUT2D eigenvalue weighted by Crippen LogP contribution is 2.31. The second-order valence-electron chi connectivity index (χ2n) is 4.74. The lowest BCUT2D eigenvalue weighted by Crippen LogP contribution is -2.06. The molecule has 1 N–H and O–H groups in total. The summed E-state index contributed by atoms with van der Waals surface area (Å²) in [6, 6.07) is 2.97. The van der Waals surface area contributed by atoms with Crippen LogP contribution in [0.25, 0.3) is 11.5 Å². The van der Waals surface area contributed by atoms with Crippen molar-refractivity contribution in [2.45, 2.75) is 38.0 Å². The highest BCUT2D eigenvalue weighted by molar-refractivity contribution is 5.47. The van der Waals surface area contributed by atoms with Crippen molar-refractivity contribution in [3.8, 4) is 11.5 Å². The van der Waals surface area contributed by atoms with Crippen molar-refractivity contribution in [1.29, 1.82) is 0 Å². The minimum atomic E-state index is -0.346. The third kappa shape index (κ3) is 2.25. The Kier molecular flexibility index (Phi) is 3.04. The normalized spacial score (nSPS) is 16.9. The molecule has 94 valence electrons. The van der Waals surface area contributed by atoms with Crippen molar-refractivity contribution in [2.75, 3.05) is 0 Å². The molecule has 0 bridgehead atoms. The summed E-state index contributed by atoms with van der Waals surface area (Å²) in [6.45, 7) is 0. The van der Waals surface area contributed by atoms with Gasteiger partial charge < -0.3 is 0 Å². The molecule has 2 aromatic rings. The van der Waals surface area contributed by atoms with Crippen LogP contribution in [0.4, 0.5) is 4.39 Å². The summed E-state index contributed by atoms with van der Waals surface area (Å²) in [4.78, 5) is 8.47. The summed E-state index contributed by atoms with van der Waals surface area (Å²) < 4.78 is 12.8. The molecule has 2 heterocycles. The van der Waals surface area contributed by atoms with Crippen molar-refractivity contribution < 1.29 is 4.39 Å². The number of nitrogens with one attached hydrogen (secondary N) is 1. The Bertz CT molecular complexity index is 514. The van der Waals surface area contributed by atoms with Gasteiger partial charge in [0.25, 0.3) is 0 Å². The Morgan fingerprint density at radius 2 is 2.00 bits per heavy atom. The van der Waals surface area contributed by atoms with Gasteiger partial charge in [0, 0.05) is 5.92 Å². The summed E-state index contributed by atoms with van der Waals surface area (Å²) in [7, 11) is 0. The number of rotatable bonds is 2. The number of nitrogens with zero attached hydrogens (tertiary/aromatic N) is 3. The number of hydrogen-bond acceptors (Lipinski definition) is 3. The molecule has 0 aromatic carbocycles. The van der Waals surface area contributed by atoms with Crippen molar-refractivity contribution in [1.82, 2.24) is 20.2 Å². The molecule has 0 aliphatic heterocycles. The van der Waals surface area contributed by atoms with Crippen LogP contribution in [-0.2, 0) is 0 Å². The second-order valence-corrected chi connectivity index (χ2v) is 4.74. The van der Waals surface area contributed by atoms with Crippen LogP contribution >= 0.6 is 0 Å². The number of aromatic amines is 1. The van der Waals surface area contributed by atoms with E-state index in [9.17, 15) is 4.39 Å². The van der Waals surface area contributed by atoms with Crippen molar-refractivity contribution in [2.24, 2.45) is 0 Å². The Labute approximate surface area is 105 Å². The number of hydrogen-bond donors (Lipinski definition) is 1. The molecule has 2 aromatic heterocycles. The highest BCUT2D eigenvalue weighted by Gasteiger charge is 2.19. The minimum Gasteiger partial charge on any atom is -0.262 e. The fourth-order valence-electron chi connectivity index (χ4n) is 2.46. The SMILES string of the molecule is Fc1ccc(-c2n[nH]c(C3CCCCC3)n2)nc1. The largest absolute Gasteiger partial charge is 0.262 e. The summed E-state index contributed by atoms with van der Waals surface area (Å²) in [6.07, 6.45) is 7.37. The average molecular weight is 246 g/mol. The molecule has 0 amide bonds. The standard InChI is InChI=1S/C13H15FN4/c14-10-6-7-11(15-8-10)13-16-12(17-18-13)9-4-2-1-3-5-9/h6-9H,1-5H2,(H,16,17,18). The van der Waals surface area contributed by atoms with Gasteiger partial charge in [0.2, 0.25) is 0 Å². The Morgan fingerprint density at radius 1 is 1.17 bits per heavy atom. The van der Waals surface area contributed by atoms with Crippen LogP contribution in [0, 0.1) is 5.82 Å². The number of aromatic nitrogens is 4. The lowest BCUT2D eigenvalue weighted by Gasteiger charge is -2.18. The summed E-state index contributed by atoms with van der Waals surface area (Å²) in [5.41, 5.74) is 0.606. The van der Waals surface area contributed by atoms with Gasteiger partial charge in [-0.3, -0.25) is 5.10 Å². The van der Waals surface area contributed by atoms with Gasteiger partial charge in [-0.1, -0.05) is 19.3 Å². The quantitative estimate of drug-likeness (QED) is 0.886. The molecule has 1 saturated carbocycles. The van der Waals surface area contributed by atoms with E-state index in [1.54, 1.807) is 6.07 Å². The van der Waals surface area contributed by atoms with Crippen molar-refractivity contribution in [3.63, 3.8) is 0 Å². The van der Waals surface area contributed by atoms with E-state index in [4.69, 9.17) is 0 Å². The van der Waals surface area contributed by atoms with Gasteiger partial charge >= 0.3 is 0 Å².